The van der Waals surface area contributed by atoms with Crippen molar-refractivity contribution in [1.82, 2.24) is 5.16 Å². The minimum atomic E-state index is 0.00516. The Morgan fingerprint density at radius 3 is 2.55 bits per heavy atom. The lowest BCUT2D eigenvalue weighted by Gasteiger charge is -2.14. The van der Waals surface area contributed by atoms with Crippen LogP contribution in [0, 0.1) is 0 Å². The van der Waals surface area contributed by atoms with Crippen LogP contribution in [0.25, 0.3) is 0 Å². The lowest BCUT2D eigenvalue weighted by atomic mass is 9.91. The molecule has 3 heteroatoms. The van der Waals surface area contributed by atoms with Crippen molar-refractivity contribution >= 4 is 0 Å². The first kappa shape index (κ1) is 8.27. The number of aromatic nitrogens is 1. The first-order valence-electron chi connectivity index (χ1n) is 3.70. The van der Waals surface area contributed by atoms with Crippen molar-refractivity contribution in [3.05, 3.63) is 17.5 Å². The maximum absolute atomic E-state index is 5.49. The van der Waals surface area contributed by atoms with Crippen LogP contribution in [0.3, 0.4) is 0 Å². The van der Waals surface area contributed by atoms with Crippen molar-refractivity contribution in [1.29, 1.82) is 0 Å². The van der Waals surface area contributed by atoms with E-state index in [0.29, 0.717) is 6.54 Å². The molecule has 0 bridgehead atoms. The molecule has 1 aromatic heterocycles. The van der Waals surface area contributed by atoms with Crippen molar-refractivity contribution in [2.45, 2.75) is 32.7 Å². The van der Waals surface area contributed by atoms with Crippen LogP contribution in [0.15, 0.2) is 10.7 Å². The molecule has 0 spiro atoms. The smallest absolute Gasteiger partial charge is 0.146 e. The Morgan fingerprint density at radius 2 is 2.18 bits per heavy atom. The van der Waals surface area contributed by atoms with Crippen molar-refractivity contribution in [3.63, 3.8) is 0 Å². The van der Waals surface area contributed by atoms with Gasteiger partial charge in [-0.3, -0.25) is 0 Å². The third-order valence-corrected chi connectivity index (χ3v) is 1.55. The highest BCUT2D eigenvalue weighted by molar-refractivity contribution is 5.19. The number of hydrogen-bond acceptors (Lipinski definition) is 3. The van der Waals surface area contributed by atoms with E-state index in [4.69, 9.17) is 10.3 Å². The molecule has 0 amide bonds. The second-order valence-electron chi connectivity index (χ2n) is 3.63. The fourth-order valence-electron chi connectivity index (χ4n) is 1.02. The molecule has 0 saturated heterocycles. The highest BCUT2D eigenvalue weighted by Crippen LogP contribution is 2.24. The van der Waals surface area contributed by atoms with Crippen LogP contribution in [0.2, 0.25) is 0 Å². The van der Waals surface area contributed by atoms with Crippen LogP contribution in [-0.4, -0.2) is 5.16 Å². The highest BCUT2D eigenvalue weighted by atomic mass is 16.5. The zero-order valence-electron chi connectivity index (χ0n) is 7.22. The Morgan fingerprint density at radius 1 is 1.55 bits per heavy atom. The molecule has 62 valence electrons. The van der Waals surface area contributed by atoms with Crippen molar-refractivity contribution in [2.24, 2.45) is 5.73 Å². The molecule has 1 heterocycles. The Hall–Kier alpha value is -0.830. The molecule has 0 fully saturated rings. The summed E-state index contributed by atoms with van der Waals surface area (Å²) in [5.41, 5.74) is 6.49. The third kappa shape index (κ3) is 1.60. The molecule has 3 nitrogen and oxygen atoms in total. The minimum Gasteiger partial charge on any atom is -0.361 e. The van der Waals surface area contributed by atoms with E-state index < -0.39 is 0 Å². The average Bonchev–Trinajstić information content (AvgIpc) is 2.31. The zero-order chi connectivity index (χ0) is 8.48. The van der Waals surface area contributed by atoms with E-state index in [0.717, 1.165) is 11.3 Å². The number of nitrogens with zero attached hydrogens (tertiary/aromatic N) is 1. The van der Waals surface area contributed by atoms with Crippen LogP contribution in [0.4, 0.5) is 0 Å². The van der Waals surface area contributed by atoms with E-state index in [-0.39, 0.29) is 5.41 Å². The molecule has 0 unspecified atom stereocenters. The van der Waals surface area contributed by atoms with Crippen molar-refractivity contribution in [2.75, 3.05) is 0 Å². The van der Waals surface area contributed by atoms with E-state index in [1.165, 1.54) is 0 Å². The van der Waals surface area contributed by atoms with Gasteiger partial charge in [0.25, 0.3) is 0 Å². The van der Waals surface area contributed by atoms with Crippen LogP contribution in [-0.2, 0) is 12.0 Å². The van der Waals surface area contributed by atoms with Gasteiger partial charge in [-0.2, -0.15) is 0 Å². The monoisotopic (exact) mass is 154 g/mol. The highest BCUT2D eigenvalue weighted by Gasteiger charge is 2.21. The first-order chi connectivity index (χ1) is 5.05. The largest absolute Gasteiger partial charge is 0.361 e. The minimum absolute atomic E-state index is 0.00516. The third-order valence-electron chi connectivity index (χ3n) is 1.55. The van der Waals surface area contributed by atoms with Gasteiger partial charge in [0.1, 0.15) is 5.76 Å². The molecule has 11 heavy (non-hydrogen) atoms. The molecule has 0 aliphatic heterocycles. The van der Waals surface area contributed by atoms with Crippen LogP contribution in [0.1, 0.15) is 32.1 Å². The van der Waals surface area contributed by atoms with E-state index in [1.807, 2.05) is 0 Å². The standard InChI is InChI=1S/C8H14N2O/c1-8(2,3)7-6(4-9)5-10-11-7/h5H,4,9H2,1-3H3. The zero-order valence-corrected chi connectivity index (χ0v) is 7.22. The van der Waals surface area contributed by atoms with Gasteiger partial charge in [-0.25, -0.2) is 0 Å². The summed E-state index contributed by atoms with van der Waals surface area (Å²) < 4.78 is 5.09. The fourth-order valence-corrected chi connectivity index (χ4v) is 1.02. The van der Waals surface area contributed by atoms with Gasteiger partial charge < -0.3 is 10.3 Å². The molecule has 0 aromatic carbocycles. The normalized spacial score (nSPS) is 12.0. The molecular formula is C8H14N2O. The summed E-state index contributed by atoms with van der Waals surface area (Å²) in [7, 11) is 0. The molecule has 0 saturated carbocycles. The maximum atomic E-state index is 5.49. The van der Waals surface area contributed by atoms with Gasteiger partial charge in [0.15, 0.2) is 0 Å². The summed E-state index contributed by atoms with van der Waals surface area (Å²) in [6.45, 7) is 6.72. The average molecular weight is 154 g/mol. The maximum Gasteiger partial charge on any atom is 0.146 e. The summed E-state index contributed by atoms with van der Waals surface area (Å²) in [6.07, 6.45) is 1.68. The first-order valence-corrected chi connectivity index (χ1v) is 3.70. The van der Waals surface area contributed by atoms with Gasteiger partial charge in [0, 0.05) is 17.5 Å². The molecule has 2 N–H and O–H groups in total. The van der Waals surface area contributed by atoms with Gasteiger partial charge >= 0.3 is 0 Å². The summed E-state index contributed by atoms with van der Waals surface area (Å²) in [5, 5.41) is 3.70. The van der Waals surface area contributed by atoms with Gasteiger partial charge in [0.05, 0.1) is 6.20 Å². The van der Waals surface area contributed by atoms with E-state index in [2.05, 4.69) is 25.9 Å². The quantitative estimate of drug-likeness (QED) is 0.665. The van der Waals surface area contributed by atoms with E-state index >= 15 is 0 Å². The van der Waals surface area contributed by atoms with Gasteiger partial charge in [0.2, 0.25) is 0 Å². The Labute approximate surface area is 66.6 Å². The van der Waals surface area contributed by atoms with Crippen LogP contribution < -0.4 is 5.73 Å². The summed E-state index contributed by atoms with van der Waals surface area (Å²) in [5.74, 6) is 0.889. The fraction of sp³-hybridized carbons (Fsp3) is 0.625. The molecule has 0 aliphatic carbocycles. The molecule has 0 radical (unpaired) electrons. The Balaban J connectivity index is 3.02. The predicted octanol–water partition coefficient (Wildman–Crippen LogP) is 1.43. The second kappa shape index (κ2) is 2.66. The van der Waals surface area contributed by atoms with Crippen LogP contribution in [0.5, 0.6) is 0 Å². The number of hydrogen-bond donors (Lipinski definition) is 1. The van der Waals surface area contributed by atoms with Gasteiger partial charge in [-0.1, -0.05) is 25.9 Å². The molecule has 0 aliphatic rings. The molecule has 1 rings (SSSR count). The topological polar surface area (TPSA) is 52.0 Å². The van der Waals surface area contributed by atoms with E-state index in [9.17, 15) is 0 Å². The summed E-state index contributed by atoms with van der Waals surface area (Å²) in [4.78, 5) is 0. The lowest BCUT2D eigenvalue weighted by molar-refractivity contribution is 0.327. The van der Waals surface area contributed by atoms with E-state index in [1.54, 1.807) is 6.20 Å². The lowest BCUT2D eigenvalue weighted by Crippen LogP contribution is -2.13. The van der Waals surface area contributed by atoms with Crippen molar-refractivity contribution < 1.29 is 4.52 Å². The number of rotatable bonds is 1. The summed E-state index contributed by atoms with van der Waals surface area (Å²) in [6, 6.07) is 0. The Bertz CT molecular complexity index is 234. The van der Waals surface area contributed by atoms with Crippen LogP contribution >= 0.6 is 0 Å². The van der Waals surface area contributed by atoms with Gasteiger partial charge in [-0.15, -0.1) is 0 Å². The Kier molecular flexibility index (Phi) is 2.00. The van der Waals surface area contributed by atoms with Gasteiger partial charge in [-0.05, 0) is 0 Å². The van der Waals surface area contributed by atoms with Crippen molar-refractivity contribution in [3.8, 4) is 0 Å². The molecule has 1 aromatic rings. The number of nitrogens with two attached hydrogens (primary N) is 1. The molecule has 0 atom stereocenters. The molecular weight excluding hydrogens is 140 g/mol. The second-order valence-corrected chi connectivity index (χ2v) is 3.63. The SMILES string of the molecule is CC(C)(C)c1oncc1CN. The predicted molar refractivity (Wildman–Crippen MR) is 43.1 cm³/mol. The summed E-state index contributed by atoms with van der Waals surface area (Å²) >= 11 is 0.